The van der Waals surface area contributed by atoms with Gasteiger partial charge in [-0.2, -0.15) is 5.10 Å². The number of nitrogens with two attached hydrogens (primary N) is 1. The third kappa shape index (κ3) is 2.03. The van der Waals surface area contributed by atoms with Crippen molar-refractivity contribution in [3.05, 3.63) is 51.3 Å². The first-order chi connectivity index (χ1) is 9.01. The monoisotopic (exact) mass is 319 g/mol. The zero-order valence-electron chi connectivity index (χ0n) is 11.3. The molecule has 0 saturated carbocycles. The van der Waals surface area contributed by atoms with Gasteiger partial charge in [0.05, 0.1) is 15.9 Å². The number of aryl methyl sites for hydroxylation is 3. The molecule has 3 nitrogen and oxygen atoms in total. The van der Waals surface area contributed by atoms with Crippen molar-refractivity contribution in [3.8, 4) is 0 Å². The Labute approximate surface area is 121 Å². The van der Waals surface area contributed by atoms with Gasteiger partial charge in [-0.05, 0) is 46.8 Å². The molecule has 1 atom stereocenters. The van der Waals surface area contributed by atoms with Gasteiger partial charge in [-0.15, -0.1) is 0 Å². The van der Waals surface area contributed by atoms with Gasteiger partial charge in [-0.25, -0.2) is 0 Å². The third-order valence-electron chi connectivity index (χ3n) is 4.14. The van der Waals surface area contributed by atoms with Crippen LogP contribution in [-0.4, -0.2) is 9.78 Å². The van der Waals surface area contributed by atoms with Gasteiger partial charge in [0.15, 0.2) is 0 Å². The van der Waals surface area contributed by atoms with Crippen LogP contribution in [0.2, 0.25) is 0 Å². The molecule has 3 rings (SSSR count). The van der Waals surface area contributed by atoms with E-state index in [1.807, 2.05) is 18.7 Å². The lowest BCUT2D eigenvalue weighted by molar-refractivity contribution is 0.424. The highest BCUT2D eigenvalue weighted by Crippen LogP contribution is 2.38. The van der Waals surface area contributed by atoms with Crippen LogP contribution in [0, 0.1) is 6.92 Å². The topological polar surface area (TPSA) is 43.8 Å². The predicted molar refractivity (Wildman–Crippen MR) is 80.0 cm³/mol. The van der Waals surface area contributed by atoms with E-state index in [0.29, 0.717) is 0 Å². The Morgan fingerprint density at radius 3 is 2.84 bits per heavy atom. The lowest BCUT2D eigenvalue weighted by Crippen LogP contribution is -2.37. The van der Waals surface area contributed by atoms with Crippen molar-refractivity contribution in [2.45, 2.75) is 31.7 Å². The predicted octanol–water partition coefficient (Wildman–Crippen LogP) is 2.83. The highest BCUT2D eigenvalue weighted by molar-refractivity contribution is 9.10. The average molecular weight is 320 g/mol. The second-order valence-electron chi connectivity index (χ2n) is 5.46. The van der Waals surface area contributed by atoms with Crippen molar-refractivity contribution in [3.63, 3.8) is 0 Å². The summed E-state index contributed by atoms with van der Waals surface area (Å²) in [6.07, 6.45) is 2.89. The first-order valence-electron chi connectivity index (χ1n) is 6.56. The van der Waals surface area contributed by atoms with E-state index in [0.717, 1.165) is 29.4 Å². The number of aromatic nitrogens is 2. The molecule has 1 heterocycles. The van der Waals surface area contributed by atoms with Crippen LogP contribution in [-0.2, 0) is 25.4 Å². The van der Waals surface area contributed by atoms with Gasteiger partial charge in [0.25, 0.3) is 0 Å². The summed E-state index contributed by atoms with van der Waals surface area (Å²) in [5.74, 6) is 0. The lowest BCUT2D eigenvalue weighted by atomic mass is 9.88. The molecule has 1 aromatic carbocycles. The van der Waals surface area contributed by atoms with Crippen LogP contribution in [0.25, 0.3) is 0 Å². The number of halogens is 1. The van der Waals surface area contributed by atoms with Gasteiger partial charge in [0, 0.05) is 19.0 Å². The number of hydrogen-bond donors (Lipinski definition) is 1. The molecule has 1 aromatic heterocycles. The van der Waals surface area contributed by atoms with Crippen LogP contribution in [0.3, 0.4) is 0 Å². The van der Waals surface area contributed by atoms with E-state index in [9.17, 15) is 0 Å². The van der Waals surface area contributed by atoms with Crippen molar-refractivity contribution in [1.29, 1.82) is 0 Å². The Kier molecular flexibility index (Phi) is 3.02. The fraction of sp³-hybridized carbons (Fsp3) is 0.400. The Hall–Kier alpha value is -1.13. The molecule has 1 unspecified atom stereocenters. The summed E-state index contributed by atoms with van der Waals surface area (Å²) in [6, 6.07) is 8.52. The van der Waals surface area contributed by atoms with Crippen molar-refractivity contribution >= 4 is 15.9 Å². The Morgan fingerprint density at radius 2 is 2.16 bits per heavy atom. The zero-order chi connectivity index (χ0) is 13.6. The van der Waals surface area contributed by atoms with Gasteiger partial charge in [-0.3, -0.25) is 4.68 Å². The molecule has 0 bridgehead atoms. The highest BCUT2D eigenvalue weighted by Gasteiger charge is 2.36. The van der Waals surface area contributed by atoms with Crippen molar-refractivity contribution in [2.75, 3.05) is 0 Å². The standard InChI is InChI=1S/C15H18BrN3/c1-10-14(16)13(19(2)18-10)9-15(17)8-7-11-5-3-4-6-12(11)15/h3-6H,7-9,17H2,1-2H3. The molecule has 0 amide bonds. The zero-order valence-corrected chi connectivity index (χ0v) is 12.9. The molecular formula is C15H18BrN3. The molecule has 2 aromatic rings. The van der Waals surface area contributed by atoms with Crippen LogP contribution in [0.15, 0.2) is 28.7 Å². The molecule has 0 spiro atoms. The van der Waals surface area contributed by atoms with Gasteiger partial charge < -0.3 is 5.73 Å². The molecule has 0 saturated heterocycles. The second kappa shape index (κ2) is 4.46. The van der Waals surface area contributed by atoms with Crippen molar-refractivity contribution in [1.82, 2.24) is 9.78 Å². The maximum absolute atomic E-state index is 6.69. The summed E-state index contributed by atoms with van der Waals surface area (Å²) in [5.41, 5.74) is 11.3. The van der Waals surface area contributed by atoms with Crippen LogP contribution >= 0.6 is 15.9 Å². The maximum atomic E-state index is 6.69. The van der Waals surface area contributed by atoms with Crippen LogP contribution < -0.4 is 5.73 Å². The van der Waals surface area contributed by atoms with E-state index in [2.05, 4.69) is 45.3 Å². The van der Waals surface area contributed by atoms with Gasteiger partial charge in [0.2, 0.25) is 0 Å². The number of rotatable bonds is 2. The lowest BCUT2D eigenvalue weighted by Gasteiger charge is -2.25. The van der Waals surface area contributed by atoms with Crippen LogP contribution in [0.1, 0.15) is 28.9 Å². The molecular weight excluding hydrogens is 302 g/mol. The van der Waals surface area contributed by atoms with E-state index < -0.39 is 0 Å². The summed E-state index contributed by atoms with van der Waals surface area (Å²) in [7, 11) is 1.98. The first-order valence-corrected chi connectivity index (χ1v) is 7.36. The fourth-order valence-corrected chi connectivity index (χ4v) is 3.55. The quantitative estimate of drug-likeness (QED) is 0.925. The summed E-state index contributed by atoms with van der Waals surface area (Å²) >= 11 is 3.63. The Morgan fingerprint density at radius 1 is 1.42 bits per heavy atom. The van der Waals surface area contributed by atoms with E-state index in [4.69, 9.17) is 5.73 Å². The second-order valence-corrected chi connectivity index (χ2v) is 6.25. The van der Waals surface area contributed by atoms with Crippen LogP contribution in [0.4, 0.5) is 0 Å². The number of benzene rings is 1. The SMILES string of the molecule is Cc1nn(C)c(CC2(N)CCc3ccccc32)c1Br. The molecule has 1 aliphatic rings. The normalized spacial score (nSPS) is 21.7. The smallest absolute Gasteiger partial charge is 0.0738 e. The van der Waals surface area contributed by atoms with Gasteiger partial charge in [-0.1, -0.05) is 24.3 Å². The molecule has 100 valence electrons. The minimum Gasteiger partial charge on any atom is -0.321 e. The molecule has 0 aliphatic heterocycles. The minimum atomic E-state index is -0.265. The van der Waals surface area contributed by atoms with E-state index in [-0.39, 0.29) is 5.54 Å². The number of fused-ring (bicyclic) bond motifs is 1. The molecule has 1 aliphatic carbocycles. The minimum absolute atomic E-state index is 0.265. The van der Waals surface area contributed by atoms with Crippen LogP contribution in [0.5, 0.6) is 0 Å². The summed E-state index contributed by atoms with van der Waals surface area (Å²) < 4.78 is 3.03. The van der Waals surface area contributed by atoms with E-state index in [1.165, 1.54) is 16.8 Å². The highest BCUT2D eigenvalue weighted by atomic mass is 79.9. The molecule has 4 heteroatoms. The number of nitrogens with zero attached hydrogens (tertiary/aromatic N) is 2. The van der Waals surface area contributed by atoms with E-state index in [1.54, 1.807) is 0 Å². The first kappa shape index (κ1) is 12.9. The molecule has 0 radical (unpaired) electrons. The molecule has 19 heavy (non-hydrogen) atoms. The summed E-state index contributed by atoms with van der Waals surface area (Å²) in [6.45, 7) is 2.01. The fourth-order valence-electron chi connectivity index (χ4n) is 3.07. The summed E-state index contributed by atoms with van der Waals surface area (Å²) in [4.78, 5) is 0. The maximum Gasteiger partial charge on any atom is 0.0738 e. The largest absolute Gasteiger partial charge is 0.321 e. The third-order valence-corrected chi connectivity index (χ3v) is 5.17. The molecule has 0 fully saturated rings. The van der Waals surface area contributed by atoms with Gasteiger partial charge >= 0.3 is 0 Å². The van der Waals surface area contributed by atoms with E-state index >= 15 is 0 Å². The van der Waals surface area contributed by atoms with Gasteiger partial charge in [0.1, 0.15) is 0 Å². The average Bonchev–Trinajstić information content (AvgIpc) is 2.84. The van der Waals surface area contributed by atoms with Crippen molar-refractivity contribution < 1.29 is 0 Å². The molecule has 2 N–H and O–H groups in total. The van der Waals surface area contributed by atoms with Crippen molar-refractivity contribution in [2.24, 2.45) is 12.8 Å². The Balaban J connectivity index is 2.00. The summed E-state index contributed by atoms with van der Waals surface area (Å²) in [5, 5.41) is 4.45. The Bertz CT molecular complexity index is 632. The number of hydrogen-bond acceptors (Lipinski definition) is 2.